The standard InChI is InChI=1S/C13H24N2O3Si/c1-13(2,3)19(5,6)18-9-11(16)10-7-14-12(17-4)15-8-10/h7-8,11,16H,9H2,1-6H3. The molecule has 0 amide bonds. The van der Waals surface area contributed by atoms with Crippen LogP contribution in [0.2, 0.25) is 18.1 Å². The maximum Gasteiger partial charge on any atom is 0.316 e. The Kier molecular flexibility index (Phi) is 5.06. The van der Waals surface area contributed by atoms with Gasteiger partial charge in [0.2, 0.25) is 0 Å². The Morgan fingerprint density at radius 3 is 2.21 bits per heavy atom. The molecule has 0 aliphatic heterocycles. The van der Waals surface area contributed by atoms with E-state index < -0.39 is 14.4 Å². The van der Waals surface area contributed by atoms with Gasteiger partial charge in [0.05, 0.1) is 13.7 Å². The smallest absolute Gasteiger partial charge is 0.316 e. The molecule has 0 bridgehead atoms. The summed E-state index contributed by atoms with van der Waals surface area (Å²) in [5, 5.41) is 10.2. The molecule has 6 heteroatoms. The zero-order valence-corrected chi connectivity index (χ0v) is 13.6. The van der Waals surface area contributed by atoms with Crippen LogP contribution in [0.5, 0.6) is 6.01 Å². The van der Waals surface area contributed by atoms with Gasteiger partial charge < -0.3 is 14.3 Å². The first-order valence-corrected chi connectivity index (χ1v) is 9.26. The fourth-order valence-corrected chi connectivity index (χ4v) is 2.21. The molecule has 0 radical (unpaired) electrons. The highest BCUT2D eigenvalue weighted by atomic mass is 28.4. The second-order valence-electron chi connectivity index (χ2n) is 6.09. The van der Waals surface area contributed by atoms with Crippen molar-refractivity contribution in [2.45, 2.75) is 45.0 Å². The molecule has 108 valence electrons. The van der Waals surface area contributed by atoms with Crippen LogP contribution in [-0.4, -0.2) is 37.1 Å². The molecule has 19 heavy (non-hydrogen) atoms. The maximum atomic E-state index is 10.1. The van der Waals surface area contributed by atoms with E-state index in [1.54, 1.807) is 12.4 Å². The molecule has 1 heterocycles. The molecule has 1 aromatic rings. The van der Waals surface area contributed by atoms with Crippen molar-refractivity contribution >= 4 is 8.32 Å². The molecule has 5 nitrogen and oxygen atoms in total. The van der Waals surface area contributed by atoms with Gasteiger partial charge in [0.15, 0.2) is 8.32 Å². The monoisotopic (exact) mass is 284 g/mol. The maximum absolute atomic E-state index is 10.1. The van der Waals surface area contributed by atoms with Gasteiger partial charge in [-0.25, -0.2) is 9.97 Å². The molecular weight excluding hydrogens is 260 g/mol. The minimum atomic E-state index is -1.84. The number of rotatable bonds is 5. The highest BCUT2D eigenvalue weighted by molar-refractivity contribution is 6.74. The number of aliphatic hydroxyl groups excluding tert-OH is 1. The molecule has 0 aromatic carbocycles. The normalized spacial score (nSPS) is 14.3. The predicted molar refractivity (Wildman–Crippen MR) is 76.7 cm³/mol. The van der Waals surface area contributed by atoms with Crippen molar-refractivity contribution in [2.75, 3.05) is 13.7 Å². The Bertz CT molecular complexity index is 401. The van der Waals surface area contributed by atoms with Gasteiger partial charge in [0.1, 0.15) is 6.10 Å². The summed E-state index contributed by atoms with van der Waals surface area (Å²) in [5.74, 6) is 0. The lowest BCUT2D eigenvalue weighted by Gasteiger charge is -2.36. The summed E-state index contributed by atoms with van der Waals surface area (Å²) >= 11 is 0. The molecule has 1 rings (SSSR count). The van der Waals surface area contributed by atoms with Crippen LogP contribution in [-0.2, 0) is 4.43 Å². The molecule has 0 fully saturated rings. The third-order valence-electron chi connectivity index (χ3n) is 3.62. The Balaban J connectivity index is 2.62. The lowest BCUT2D eigenvalue weighted by Crippen LogP contribution is -2.41. The fourth-order valence-electron chi connectivity index (χ4n) is 1.20. The van der Waals surface area contributed by atoms with Crippen molar-refractivity contribution < 1.29 is 14.3 Å². The van der Waals surface area contributed by atoms with Crippen LogP contribution in [0.15, 0.2) is 12.4 Å². The number of hydrogen-bond acceptors (Lipinski definition) is 5. The average molecular weight is 284 g/mol. The molecule has 0 saturated carbocycles. The van der Waals surface area contributed by atoms with Gasteiger partial charge in [0, 0.05) is 18.0 Å². The Morgan fingerprint density at radius 2 is 1.79 bits per heavy atom. The third kappa shape index (κ3) is 4.26. The number of aliphatic hydroxyl groups is 1. The predicted octanol–water partition coefficient (Wildman–Crippen LogP) is 2.54. The summed E-state index contributed by atoms with van der Waals surface area (Å²) in [6.45, 7) is 11.1. The van der Waals surface area contributed by atoms with Crippen molar-refractivity contribution in [3.8, 4) is 6.01 Å². The first kappa shape index (κ1) is 16.1. The topological polar surface area (TPSA) is 64.5 Å². The Morgan fingerprint density at radius 1 is 1.26 bits per heavy atom. The van der Waals surface area contributed by atoms with Crippen LogP contribution in [0.25, 0.3) is 0 Å². The van der Waals surface area contributed by atoms with E-state index in [-0.39, 0.29) is 11.6 Å². The number of aromatic nitrogens is 2. The molecule has 1 atom stereocenters. The SMILES string of the molecule is COc1ncc(C(O)CO[Si](C)(C)C(C)(C)C)cn1. The van der Waals surface area contributed by atoms with E-state index in [2.05, 4.69) is 43.8 Å². The van der Waals surface area contributed by atoms with E-state index in [0.29, 0.717) is 11.6 Å². The van der Waals surface area contributed by atoms with Crippen molar-refractivity contribution in [3.63, 3.8) is 0 Å². The highest BCUT2D eigenvalue weighted by Gasteiger charge is 2.37. The average Bonchev–Trinajstić information content (AvgIpc) is 2.35. The van der Waals surface area contributed by atoms with Crippen LogP contribution in [0.1, 0.15) is 32.4 Å². The van der Waals surface area contributed by atoms with Gasteiger partial charge in [0.25, 0.3) is 0 Å². The van der Waals surface area contributed by atoms with Gasteiger partial charge in [-0.05, 0) is 18.1 Å². The summed E-state index contributed by atoms with van der Waals surface area (Å²) in [6, 6.07) is 0.293. The second kappa shape index (κ2) is 5.98. The van der Waals surface area contributed by atoms with Crippen molar-refractivity contribution in [2.24, 2.45) is 0 Å². The quantitative estimate of drug-likeness (QED) is 0.842. The van der Waals surface area contributed by atoms with Crippen LogP contribution in [0.3, 0.4) is 0 Å². The fraction of sp³-hybridized carbons (Fsp3) is 0.692. The van der Waals surface area contributed by atoms with E-state index in [0.717, 1.165) is 0 Å². The molecule has 0 saturated heterocycles. The summed E-state index contributed by atoms with van der Waals surface area (Å²) in [7, 11) is -0.338. The lowest BCUT2D eigenvalue weighted by atomic mass is 10.2. The molecule has 1 unspecified atom stereocenters. The van der Waals surface area contributed by atoms with Gasteiger partial charge in [-0.3, -0.25) is 0 Å². The minimum Gasteiger partial charge on any atom is -0.467 e. The van der Waals surface area contributed by atoms with E-state index in [1.165, 1.54) is 7.11 Å². The molecule has 0 spiro atoms. The van der Waals surface area contributed by atoms with Gasteiger partial charge in [-0.2, -0.15) is 0 Å². The lowest BCUT2D eigenvalue weighted by molar-refractivity contribution is 0.0996. The van der Waals surface area contributed by atoms with Gasteiger partial charge in [-0.15, -0.1) is 0 Å². The van der Waals surface area contributed by atoms with E-state index in [1.807, 2.05) is 0 Å². The number of nitrogens with zero attached hydrogens (tertiary/aromatic N) is 2. The number of hydrogen-bond donors (Lipinski definition) is 1. The number of ether oxygens (including phenoxy) is 1. The highest BCUT2D eigenvalue weighted by Crippen LogP contribution is 2.37. The Hall–Kier alpha value is -0.983. The zero-order valence-electron chi connectivity index (χ0n) is 12.6. The summed E-state index contributed by atoms with van der Waals surface area (Å²) < 4.78 is 10.8. The summed E-state index contributed by atoms with van der Waals surface area (Å²) in [4.78, 5) is 7.95. The van der Waals surface area contributed by atoms with Gasteiger partial charge in [-0.1, -0.05) is 20.8 Å². The first-order chi connectivity index (χ1) is 8.67. The Labute approximate surface area is 116 Å². The van der Waals surface area contributed by atoms with Crippen LogP contribution in [0.4, 0.5) is 0 Å². The molecule has 1 aromatic heterocycles. The van der Waals surface area contributed by atoms with Crippen LogP contribution in [0, 0.1) is 0 Å². The van der Waals surface area contributed by atoms with E-state index in [9.17, 15) is 5.11 Å². The summed E-state index contributed by atoms with van der Waals surface area (Å²) in [5.41, 5.74) is 0.638. The summed E-state index contributed by atoms with van der Waals surface area (Å²) in [6.07, 6.45) is 2.41. The molecular formula is C13H24N2O3Si. The minimum absolute atomic E-state index is 0.128. The largest absolute Gasteiger partial charge is 0.467 e. The van der Waals surface area contributed by atoms with Crippen LogP contribution >= 0.6 is 0 Å². The van der Waals surface area contributed by atoms with E-state index in [4.69, 9.17) is 9.16 Å². The first-order valence-electron chi connectivity index (χ1n) is 6.35. The zero-order chi connectivity index (χ0) is 14.7. The van der Waals surface area contributed by atoms with Gasteiger partial charge >= 0.3 is 6.01 Å². The van der Waals surface area contributed by atoms with E-state index >= 15 is 0 Å². The molecule has 0 aliphatic rings. The van der Waals surface area contributed by atoms with Crippen molar-refractivity contribution in [3.05, 3.63) is 18.0 Å². The van der Waals surface area contributed by atoms with Crippen LogP contribution < -0.4 is 4.74 Å². The molecule has 0 aliphatic carbocycles. The third-order valence-corrected chi connectivity index (χ3v) is 8.12. The second-order valence-corrected chi connectivity index (χ2v) is 10.9. The number of methoxy groups -OCH3 is 1. The van der Waals surface area contributed by atoms with Crippen molar-refractivity contribution in [1.82, 2.24) is 9.97 Å². The molecule has 1 N–H and O–H groups in total. The van der Waals surface area contributed by atoms with Crippen molar-refractivity contribution in [1.29, 1.82) is 0 Å².